The molecule has 2 aromatic rings. The molecule has 0 unspecified atom stereocenters. The highest BCUT2D eigenvalue weighted by atomic mass is 32.1. The maximum atomic E-state index is 5.42. The first-order valence-electron chi connectivity index (χ1n) is 6.46. The van der Waals surface area contributed by atoms with Crippen molar-refractivity contribution in [1.82, 2.24) is 14.8 Å². The third kappa shape index (κ3) is 3.22. The lowest BCUT2D eigenvalue weighted by atomic mass is 10.2. The Morgan fingerprint density at radius 1 is 1.37 bits per heavy atom. The van der Waals surface area contributed by atoms with E-state index in [4.69, 9.17) is 5.73 Å². The number of hydrogen-bond donors (Lipinski definition) is 1. The maximum absolute atomic E-state index is 5.42. The summed E-state index contributed by atoms with van der Waals surface area (Å²) < 4.78 is 1.98. The summed E-state index contributed by atoms with van der Waals surface area (Å²) in [6.45, 7) is 5.30. The summed E-state index contributed by atoms with van der Waals surface area (Å²) in [5.41, 5.74) is 6.46. The monoisotopic (exact) mass is 274 g/mol. The summed E-state index contributed by atoms with van der Waals surface area (Å²) in [5.74, 6) is 7.94. The molecule has 0 aliphatic heterocycles. The third-order valence-electron chi connectivity index (χ3n) is 2.79. The minimum Gasteiger partial charge on any atom is -0.320 e. The minimum atomic E-state index is 0.388. The first kappa shape index (κ1) is 13.8. The fourth-order valence-corrected chi connectivity index (χ4v) is 2.63. The van der Waals surface area contributed by atoms with E-state index in [9.17, 15) is 0 Å². The van der Waals surface area contributed by atoms with Gasteiger partial charge in [0.15, 0.2) is 5.82 Å². The Bertz CT molecular complexity index is 600. The summed E-state index contributed by atoms with van der Waals surface area (Å²) >= 11 is 1.70. The Kier molecular flexibility index (Phi) is 4.72. The van der Waals surface area contributed by atoms with Crippen molar-refractivity contribution in [3.63, 3.8) is 0 Å². The zero-order valence-electron chi connectivity index (χ0n) is 11.3. The van der Waals surface area contributed by atoms with Crippen LogP contribution in [0.15, 0.2) is 11.4 Å². The molecule has 0 aliphatic carbocycles. The van der Waals surface area contributed by atoms with Crippen LogP contribution in [0.25, 0.3) is 0 Å². The van der Waals surface area contributed by atoms with Crippen LogP contribution >= 0.6 is 11.3 Å². The highest BCUT2D eigenvalue weighted by molar-refractivity contribution is 7.10. The standard InChI is InChI=1S/C14H18N4S/c1-3-13-16-14(4-2)18(17-13)10-12-11(6-5-8-15)7-9-19-12/h7,9H,3-4,8,10,15H2,1-2H3. The summed E-state index contributed by atoms with van der Waals surface area (Å²) in [4.78, 5) is 5.73. The van der Waals surface area contributed by atoms with Crippen molar-refractivity contribution in [3.05, 3.63) is 33.5 Å². The molecule has 2 rings (SSSR count). The van der Waals surface area contributed by atoms with Crippen LogP contribution in [-0.2, 0) is 19.4 Å². The molecular weight excluding hydrogens is 256 g/mol. The van der Waals surface area contributed by atoms with Crippen LogP contribution < -0.4 is 5.73 Å². The molecule has 0 spiro atoms. The lowest BCUT2D eigenvalue weighted by Gasteiger charge is -2.03. The van der Waals surface area contributed by atoms with E-state index >= 15 is 0 Å². The van der Waals surface area contributed by atoms with Gasteiger partial charge < -0.3 is 5.73 Å². The van der Waals surface area contributed by atoms with Crippen molar-refractivity contribution in [1.29, 1.82) is 0 Å². The lowest BCUT2D eigenvalue weighted by Crippen LogP contribution is -2.06. The predicted molar refractivity (Wildman–Crippen MR) is 78.1 cm³/mol. The van der Waals surface area contributed by atoms with Gasteiger partial charge in [-0.3, -0.25) is 0 Å². The van der Waals surface area contributed by atoms with E-state index in [0.29, 0.717) is 6.54 Å². The Morgan fingerprint density at radius 2 is 2.21 bits per heavy atom. The number of rotatable bonds is 4. The van der Waals surface area contributed by atoms with Gasteiger partial charge in [-0.1, -0.05) is 25.7 Å². The van der Waals surface area contributed by atoms with Crippen LogP contribution in [0.3, 0.4) is 0 Å². The van der Waals surface area contributed by atoms with E-state index in [1.165, 1.54) is 4.88 Å². The number of hydrogen-bond acceptors (Lipinski definition) is 4. The Morgan fingerprint density at radius 3 is 2.89 bits per heavy atom. The zero-order chi connectivity index (χ0) is 13.7. The Hall–Kier alpha value is -1.64. The van der Waals surface area contributed by atoms with Crippen molar-refractivity contribution >= 4 is 11.3 Å². The molecule has 0 radical (unpaired) electrons. The molecule has 0 fully saturated rings. The number of thiophene rings is 1. The minimum absolute atomic E-state index is 0.388. The van der Waals surface area contributed by atoms with E-state index in [2.05, 4.69) is 41.2 Å². The molecule has 5 heteroatoms. The normalized spacial score (nSPS) is 10.3. The highest BCUT2D eigenvalue weighted by Gasteiger charge is 2.10. The summed E-state index contributed by atoms with van der Waals surface area (Å²) in [6, 6.07) is 2.03. The second-order valence-corrected chi connectivity index (χ2v) is 5.07. The number of aromatic nitrogens is 3. The predicted octanol–water partition coefficient (Wildman–Crippen LogP) is 1.82. The smallest absolute Gasteiger partial charge is 0.150 e. The summed E-state index contributed by atoms with van der Waals surface area (Å²) in [7, 11) is 0. The maximum Gasteiger partial charge on any atom is 0.150 e. The molecule has 4 nitrogen and oxygen atoms in total. The molecule has 2 aromatic heterocycles. The van der Waals surface area contributed by atoms with Crippen molar-refractivity contribution in [2.45, 2.75) is 33.2 Å². The van der Waals surface area contributed by atoms with E-state index in [1.54, 1.807) is 11.3 Å². The van der Waals surface area contributed by atoms with E-state index in [-0.39, 0.29) is 0 Å². The van der Waals surface area contributed by atoms with Crippen LogP contribution in [0.2, 0.25) is 0 Å². The van der Waals surface area contributed by atoms with Gasteiger partial charge in [0, 0.05) is 23.3 Å². The highest BCUT2D eigenvalue weighted by Crippen LogP contribution is 2.18. The summed E-state index contributed by atoms with van der Waals surface area (Å²) in [5, 5.41) is 6.59. The molecule has 0 aromatic carbocycles. The fraction of sp³-hybridized carbons (Fsp3) is 0.429. The van der Waals surface area contributed by atoms with Crippen molar-refractivity contribution in [3.8, 4) is 11.8 Å². The average molecular weight is 274 g/mol. The quantitative estimate of drug-likeness (QED) is 0.865. The number of aryl methyl sites for hydroxylation is 2. The molecule has 0 atom stereocenters. The Balaban J connectivity index is 2.26. The molecule has 0 bridgehead atoms. The molecule has 0 saturated heterocycles. The van der Waals surface area contributed by atoms with Gasteiger partial charge in [-0.25, -0.2) is 9.67 Å². The van der Waals surface area contributed by atoms with Gasteiger partial charge >= 0.3 is 0 Å². The largest absolute Gasteiger partial charge is 0.320 e. The summed E-state index contributed by atoms with van der Waals surface area (Å²) in [6.07, 6.45) is 1.76. The lowest BCUT2D eigenvalue weighted by molar-refractivity contribution is 0.642. The molecule has 19 heavy (non-hydrogen) atoms. The van der Waals surface area contributed by atoms with Crippen molar-refractivity contribution in [2.75, 3.05) is 6.54 Å². The molecule has 0 aliphatic rings. The average Bonchev–Trinajstić information content (AvgIpc) is 3.03. The fourth-order valence-electron chi connectivity index (χ4n) is 1.82. The van der Waals surface area contributed by atoms with Gasteiger partial charge in [-0.15, -0.1) is 11.3 Å². The second kappa shape index (κ2) is 6.50. The van der Waals surface area contributed by atoms with E-state index < -0.39 is 0 Å². The number of nitrogens with zero attached hydrogens (tertiary/aromatic N) is 3. The van der Waals surface area contributed by atoms with Gasteiger partial charge in [-0.2, -0.15) is 5.10 Å². The van der Waals surface area contributed by atoms with Crippen LogP contribution in [0, 0.1) is 11.8 Å². The van der Waals surface area contributed by atoms with E-state index in [0.717, 1.165) is 36.6 Å². The van der Waals surface area contributed by atoms with E-state index in [1.807, 2.05) is 10.7 Å². The third-order valence-corrected chi connectivity index (χ3v) is 3.69. The van der Waals surface area contributed by atoms with Gasteiger partial charge in [0.1, 0.15) is 5.82 Å². The van der Waals surface area contributed by atoms with Gasteiger partial charge in [0.05, 0.1) is 13.1 Å². The van der Waals surface area contributed by atoms with Gasteiger partial charge in [0.25, 0.3) is 0 Å². The van der Waals surface area contributed by atoms with Gasteiger partial charge in [0.2, 0.25) is 0 Å². The van der Waals surface area contributed by atoms with Crippen LogP contribution in [0.5, 0.6) is 0 Å². The molecule has 100 valence electrons. The Labute approximate surface area is 117 Å². The van der Waals surface area contributed by atoms with Crippen LogP contribution in [0.1, 0.15) is 35.9 Å². The first-order valence-corrected chi connectivity index (χ1v) is 7.34. The van der Waals surface area contributed by atoms with Crippen molar-refractivity contribution < 1.29 is 0 Å². The molecule has 0 saturated carbocycles. The SMILES string of the molecule is CCc1nc(CC)n(Cc2sccc2C#CCN)n1. The van der Waals surface area contributed by atoms with Crippen LogP contribution in [0.4, 0.5) is 0 Å². The first-order chi connectivity index (χ1) is 9.28. The second-order valence-electron chi connectivity index (χ2n) is 4.07. The molecule has 0 amide bonds. The van der Waals surface area contributed by atoms with Crippen LogP contribution in [-0.4, -0.2) is 21.3 Å². The van der Waals surface area contributed by atoms with Gasteiger partial charge in [-0.05, 0) is 11.4 Å². The molecular formula is C14H18N4S. The van der Waals surface area contributed by atoms with Crippen molar-refractivity contribution in [2.24, 2.45) is 5.73 Å². The number of nitrogens with two attached hydrogens (primary N) is 1. The molecule has 2 N–H and O–H groups in total. The zero-order valence-corrected chi connectivity index (χ0v) is 12.1. The molecule has 2 heterocycles. The topological polar surface area (TPSA) is 56.7 Å².